The Kier molecular flexibility index (Phi) is 3.86. The van der Waals surface area contributed by atoms with E-state index in [1.54, 1.807) is 0 Å². The molecule has 7 heteroatoms. The van der Waals surface area contributed by atoms with E-state index in [9.17, 15) is 15.2 Å². The van der Waals surface area contributed by atoms with Gasteiger partial charge in [-0.05, 0) is 33.2 Å². The van der Waals surface area contributed by atoms with Gasteiger partial charge in [-0.15, -0.1) is 0 Å². The van der Waals surface area contributed by atoms with Crippen molar-refractivity contribution in [2.45, 2.75) is 44.9 Å². The normalized spacial score (nSPS) is 20.6. The Hall–Kier alpha value is -1.47. The van der Waals surface area contributed by atoms with Crippen LogP contribution in [0.1, 0.15) is 26.7 Å². The fourth-order valence-electron chi connectivity index (χ4n) is 2.58. The van der Waals surface area contributed by atoms with Crippen molar-refractivity contribution >= 4 is 5.69 Å². The minimum absolute atomic E-state index is 0.0475. The van der Waals surface area contributed by atoms with Crippen LogP contribution in [-0.4, -0.2) is 49.4 Å². The van der Waals surface area contributed by atoms with Crippen molar-refractivity contribution in [1.82, 2.24) is 14.7 Å². The summed E-state index contributed by atoms with van der Waals surface area (Å²) in [6, 6.07) is 0. The molecule has 106 valence electrons. The summed E-state index contributed by atoms with van der Waals surface area (Å²) >= 11 is 0. The van der Waals surface area contributed by atoms with Crippen molar-refractivity contribution in [3.8, 4) is 0 Å². The van der Waals surface area contributed by atoms with Crippen LogP contribution in [0.25, 0.3) is 0 Å². The highest BCUT2D eigenvalue weighted by molar-refractivity contribution is 5.20. The maximum atomic E-state index is 10.5. The number of likely N-dealkylation sites (tertiary alicyclic amines) is 1. The van der Waals surface area contributed by atoms with Gasteiger partial charge in [0.15, 0.2) is 0 Å². The highest BCUT2D eigenvalue weighted by Crippen LogP contribution is 2.28. The molecule has 1 unspecified atom stereocenters. The molecule has 2 rings (SSSR count). The molecule has 1 aromatic rings. The first kappa shape index (κ1) is 14.0. The summed E-state index contributed by atoms with van der Waals surface area (Å²) < 4.78 is 1.42. The largest absolute Gasteiger partial charge is 0.390 e. The average Bonchev–Trinajstić information content (AvgIpc) is 2.87. The first-order valence-corrected chi connectivity index (χ1v) is 6.48. The van der Waals surface area contributed by atoms with Crippen LogP contribution < -0.4 is 0 Å². The number of aliphatic hydroxyl groups is 1. The van der Waals surface area contributed by atoms with Gasteiger partial charge in [0.2, 0.25) is 0 Å². The van der Waals surface area contributed by atoms with E-state index >= 15 is 0 Å². The van der Waals surface area contributed by atoms with Crippen molar-refractivity contribution in [2.75, 3.05) is 13.1 Å². The number of hydrogen-bond acceptors (Lipinski definition) is 5. The Morgan fingerprint density at radius 3 is 2.84 bits per heavy atom. The first-order valence-electron chi connectivity index (χ1n) is 6.48. The third kappa shape index (κ3) is 3.30. The van der Waals surface area contributed by atoms with Gasteiger partial charge in [0.25, 0.3) is 0 Å². The molecule has 1 N–H and O–H groups in total. The second-order valence-corrected chi connectivity index (χ2v) is 5.69. The van der Waals surface area contributed by atoms with E-state index in [1.807, 2.05) is 0 Å². The fraction of sp³-hybridized carbons (Fsp3) is 0.750. The molecule has 0 bridgehead atoms. The van der Waals surface area contributed by atoms with E-state index in [4.69, 9.17) is 0 Å². The average molecular weight is 268 g/mol. The minimum Gasteiger partial charge on any atom is -0.390 e. The number of nitrogens with zero attached hydrogens (tertiary/aromatic N) is 4. The molecule has 0 aromatic carbocycles. The lowest BCUT2D eigenvalue weighted by Gasteiger charge is -2.33. The predicted molar refractivity (Wildman–Crippen MR) is 69.8 cm³/mol. The van der Waals surface area contributed by atoms with Gasteiger partial charge in [0.1, 0.15) is 12.4 Å². The van der Waals surface area contributed by atoms with E-state index in [0.717, 1.165) is 19.4 Å². The molecule has 0 radical (unpaired) electrons. The van der Waals surface area contributed by atoms with E-state index in [0.29, 0.717) is 6.54 Å². The Balaban J connectivity index is 1.90. The molecule has 2 heterocycles. The molecule has 19 heavy (non-hydrogen) atoms. The van der Waals surface area contributed by atoms with Gasteiger partial charge in [-0.25, -0.2) is 0 Å². The smallest absolute Gasteiger partial charge is 0.306 e. The predicted octanol–water partition coefficient (Wildman–Crippen LogP) is 1.03. The maximum Gasteiger partial charge on any atom is 0.306 e. The fourth-order valence-corrected chi connectivity index (χ4v) is 2.58. The summed E-state index contributed by atoms with van der Waals surface area (Å²) in [6.07, 6.45) is 4.25. The van der Waals surface area contributed by atoms with Gasteiger partial charge >= 0.3 is 5.69 Å². The van der Waals surface area contributed by atoms with Crippen molar-refractivity contribution in [2.24, 2.45) is 0 Å². The monoisotopic (exact) mass is 268 g/mol. The standard InChI is InChI=1S/C12H20N4O3/c1-12(2)4-3-5-14(12)8-11(17)9-15-7-10(6-13-15)16(18)19/h6-7,11,17H,3-5,8-9H2,1-2H3. The van der Waals surface area contributed by atoms with E-state index < -0.39 is 11.0 Å². The molecule has 0 aliphatic carbocycles. The summed E-state index contributed by atoms with van der Waals surface area (Å²) in [4.78, 5) is 12.3. The van der Waals surface area contributed by atoms with Crippen LogP contribution >= 0.6 is 0 Å². The van der Waals surface area contributed by atoms with Crippen LogP contribution in [0, 0.1) is 10.1 Å². The molecule has 0 spiro atoms. The maximum absolute atomic E-state index is 10.5. The van der Waals surface area contributed by atoms with Crippen molar-refractivity contribution in [1.29, 1.82) is 0 Å². The van der Waals surface area contributed by atoms with Crippen LogP contribution in [0.3, 0.4) is 0 Å². The molecule has 1 fully saturated rings. The zero-order valence-corrected chi connectivity index (χ0v) is 11.3. The molecular weight excluding hydrogens is 248 g/mol. The number of aromatic nitrogens is 2. The number of β-amino-alcohol motifs (C(OH)–C–C–N with tert-alkyl or cyclic N) is 1. The Morgan fingerprint density at radius 2 is 2.32 bits per heavy atom. The van der Waals surface area contributed by atoms with Crippen LogP contribution in [0.2, 0.25) is 0 Å². The Labute approximate surface area is 112 Å². The highest BCUT2D eigenvalue weighted by Gasteiger charge is 2.32. The second kappa shape index (κ2) is 5.26. The highest BCUT2D eigenvalue weighted by atomic mass is 16.6. The summed E-state index contributed by atoms with van der Waals surface area (Å²) in [5.74, 6) is 0. The summed E-state index contributed by atoms with van der Waals surface area (Å²) in [5.41, 5.74) is 0.0746. The molecule has 0 amide bonds. The molecule has 1 saturated heterocycles. The summed E-state index contributed by atoms with van der Waals surface area (Å²) in [6.45, 7) is 6.18. The number of rotatable bonds is 5. The van der Waals surface area contributed by atoms with Gasteiger partial charge in [-0.3, -0.25) is 19.7 Å². The van der Waals surface area contributed by atoms with Crippen molar-refractivity contribution in [3.63, 3.8) is 0 Å². The van der Waals surface area contributed by atoms with Crippen LogP contribution in [0.4, 0.5) is 5.69 Å². The zero-order chi connectivity index (χ0) is 14.0. The van der Waals surface area contributed by atoms with Crippen molar-refractivity contribution in [3.05, 3.63) is 22.5 Å². The lowest BCUT2D eigenvalue weighted by atomic mass is 10.0. The van der Waals surface area contributed by atoms with Gasteiger partial charge in [-0.1, -0.05) is 0 Å². The van der Waals surface area contributed by atoms with Crippen LogP contribution in [0.5, 0.6) is 0 Å². The molecule has 7 nitrogen and oxygen atoms in total. The zero-order valence-electron chi connectivity index (χ0n) is 11.3. The van der Waals surface area contributed by atoms with E-state index in [2.05, 4.69) is 23.8 Å². The van der Waals surface area contributed by atoms with Crippen LogP contribution in [0.15, 0.2) is 12.4 Å². The lowest BCUT2D eigenvalue weighted by molar-refractivity contribution is -0.385. The molecular formula is C12H20N4O3. The van der Waals surface area contributed by atoms with Crippen LogP contribution in [-0.2, 0) is 6.54 Å². The topological polar surface area (TPSA) is 84.4 Å². The molecule has 1 atom stereocenters. The second-order valence-electron chi connectivity index (χ2n) is 5.69. The van der Waals surface area contributed by atoms with E-state index in [1.165, 1.54) is 17.1 Å². The number of nitro groups is 1. The van der Waals surface area contributed by atoms with Gasteiger partial charge < -0.3 is 5.11 Å². The SMILES string of the molecule is CC1(C)CCCN1CC(O)Cn1cc([N+](=O)[O-])cn1. The number of hydrogen-bond donors (Lipinski definition) is 1. The van der Waals surface area contributed by atoms with Crippen molar-refractivity contribution < 1.29 is 10.0 Å². The quantitative estimate of drug-likeness (QED) is 0.636. The van der Waals surface area contributed by atoms with Gasteiger partial charge in [0.05, 0.1) is 17.6 Å². The van der Waals surface area contributed by atoms with E-state index in [-0.39, 0.29) is 17.8 Å². The molecule has 1 aromatic heterocycles. The Bertz CT molecular complexity index is 458. The summed E-state index contributed by atoms with van der Waals surface area (Å²) in [7, 11) is 0. The minimum atomic E-state index is -0.572. The lowest BCUT2D eigenvalue weighted by Crippen LogP contribution is -2.43. The van der Waals surface area contributed by atoms with Gasteiger partial charge in [-0.2, -0.15) is 5.10 Å². The molecule has 1 aliphatic heterocycles. The first-order chi connectivity index (χ1) is 8.88. The third-order valence-electron chi connectivity index (χ3n) is 3.73. The summed E-state index contributed by atoms with van der Waals surface area (Å²) in [5, 5.41) is 24.5. The molecule has 1 aliphatic rings. The number of aliphatic hydroxyl groups excluding tert-OH is 1. The third-order valence-corrected chi connectivity index (χ3v) is 3.73. The Morgan fingerprint density at radius 1 is 1.58 bits per heavy atom. The molecule has 0 saturated carbocycles. The van der Waals surface area contributed by atoms with Gasteiger partial charge in [0, 0.05) is 12.1 Å².